The fourth-order valence-corrected chi connectivity index (χ4v) is 4.95. The Hall–Kier alpha value is -3.44. The fraction of sp³-hybridized carbons (Fsp3) is 0.318. The number of amides is 3. The Morgan fingerprint density at radius 2 is 1.70 bits per heavy atom. The third kappa shape index (κ3) is 5.88. The summed E-state index contributed by atoms with van der Waals surface area (Å²) in [5.74, 6) is -1.65. The van der Waals surface area contributed by atoms with Crippen molar-refractivity contribution < 1.29 is 32.3 Å². The number of urea groups is 1. The number of ether oxygens (including phenoxy) is 2. The maximum Gasteiger partial charge on any atom is 0.338 e. The van der Waals surface area contributed by atoms with Crippen LogP contribution in [0.2, 0.25) is 0 Å². The number of imide groups is 1. The van der Waals surface area contributed by atoms with E-state index < -0.39 is 34.0 Å². The number of rotatable bonds is 7. The first-order valence-corrected chi connectivity index (χ1v) is 11.7. The van der Waals surface area contributed by atoms with Crippen LogP contribution in [0.4, 0.5) is 10.5 Å². The molecule has 0 radical (unpaired) electrons. The number of para-hydroxylation sites is 1. The van der Waals surface area contributed by atoms with Crippen molar-refractivity contribution in [3.8, 4) is 5.75 Å². The van der Waals surface area contributed by atoms with Gasteiger partial charge in [-0.05, 0) is 50.1 Å². The summed E-state index contributed by atoms with van der Waals surface area (Å²) >= 11 is 0. The van der Waals surface area contributed by atoms with Crippen LogP contribution >= 0.6 is 0 Å². The van der Waals surface area contributed by atoms with Crippen LogP contribution in [0.25, 0.3) is 0 Å². The minimum absolute atomic E-state index is 0.0676. The lowest BCUT2D eigenvalue weighted by molar-refractivity contribution is -0.127. The van der Waals surface area contributed by atoms with Gasteiger partial charge in [-0.25, -0.2) is 18.0 Å². The molecule has 11 heteroatoms. The van der Waals surface area contributed by atoms with Gasteiger partial charge in [-0.2, -0.15) is 4.31 Å². The van der Waals surface area contributed by atoms with Crippen molar-refractivity contribution in [1.29, 1.82) is 0 Å². The molecule has 1 fully saturated rings. The van der Waals surface area contributed by atoms with Gasteiger partial charge in [0.1, 0.15) is 10.6 Å². The molecule has 2 aromatic rings. The van der Waals surface area contributed by atoms with Crippen molar-refractivity contribution >= 4 is 33.6 Å². The van der Waals surface area contributed by atoms with Gasteiger partial charge in [0.25, 0.3) is 5.91 Å². The molecule has 1 aliphatic rings. The highest BCUT2D eigenvalue weighted by molar-refractivity contribution is 7.89. The zero-order chi connectivity index (χ0) is 24.0. The Bertz CT molecular complexity index is 1130. The van der Waals surface area contributed by atoms with Gasteiger partial charge in [-0.15, -0.1) is 0 Å². The van der Waals surface area contributed by atoms with E-state index in [2.05, 4.69) is 10.6 Å². The molecule has 0 spiro atoms. The van der Waals surface area contributed by atoms with Crippen LogP contribution in [0.3, 0.4) is 0 Å². The Labute approximate surface area is 191 Å². The molecule has 3 amide bonds. The second kappa shape index (κ2) is 10.5. The summed E-state index contributed by atoms with van der Waals surface area (Å²) in [6, 6.07) is 11.6. The van der Waals surface area contributed by atoms with Crippen LogP contribution in [0.15, 0.2) is 53.4 Å². The highest BCUT2D eigenvalue weighted by Crippen LogP contribution is 2.30. The topological polar surface area (TPSA) is 131 Å². The predicted octanol–water partition coefficient (Wildman–Crippen LogP) is 2.37. The normalized spacial score (nSPS) is 14.8. The lowest BCUT2D eigenvalue weighted by atomic mass is 10.2. The van der Waals surface area contributed by atoms with Crippen LogP contribution < -0.4 is 15.4 Å². The number of benzene rings is 2. The highest BCUT2D eigenvalue weighted by Gasteiger charge is 2.31. The molecule has 10 nitrogen and oxygen atoms in total. The predicted molar refractivity (Wildman–Crippen MR) is 119 cm³/mol. The molecule has 1 aliphatic heterocycles. The summed E-state index contributed by atoms with van der Waals surface area (Å²) in [7, 11) is -2.52. The molecule has 2 N–H and O–H groups in total. The van der Waals surface area contributed by atoms with E-state index in [4.69, 9.17) is 9.47 Å². The van der Waals surface area contributed by atoms with Crippen molar-refractivity contribution in [3.63, 3.8) is 0 Å². The monoisotopic (exact) mass is 475 g/mol. The van der Waals surface area contributed by atoms with Crippen LogP contribution in [-0.4, -0.2) is 56.9 Å². The van der Waals surface area contributed by atoms with Crippen molar-refractivity contribution in [1.82, 2.24) is 9.62 Å². The molecule has 0 saturated carbocycles. The Morgan fingerprint density at radius 1 is 1.03 bits per heavy atom. The average Bonchev–Trinajstić information content (AvgIpc) is 3.35. The third-order valence-corrected chi connectivity index (χ3v) is 6.92. The number of esters is 1. The van der Waals surface area contributed by atoms with Gasteiger partial charge in [-0.3, -0.25) is 10.1 Å². The first kappa shape index (κ1) is 24.2. The van der Waals surface area contributed by atoms with Crippen molar-refractivity contribution in [2.24, 2.45) is 0 Å². The van der Waals surface area contributed by atoms with Gasteiger partial charge < -0.3 is 14.8 Å². The number of methoxy groups -OCH3 is 1. The summed E-state index contributed by atoms with van der Waals surface area (Å²) in [4.78, 5) is 36.6. The number of hydrogen-bond acceptors (Lipinski definition) is 7. The minimum atomic E-state index is -3.86. The molecule has 3 rings (SSSR count). The zero-order valence-electron chi connectivity index (χ0n) is 18.2. The average molecular weight is 476 g/mol. The molecule has 2 aromatic carbocycles. The van der Waals surface area contributed by atoms with Crippen molar-refractivity contribution in [2.45, 2.75) is 30.8 Å². The zero-order valence-corrected chi connectivity index (χ0v) is 19.1. The van der Waals surface area contributed by atoms with E-state index in [-0.39, 0.29) is 16.2 Å². The summed E-state index contributed by atoms with van der Waals surface area (Å²) in [6.45, 7) is 2.08. The molecule has 176 valence electrons. The molecule has 0 aliphatic carbocycles. The van der Waals surface area contributed by atoms with E-state index in [1.165, 1.54) is 36.5 Å². The van der Waals surface area contributed by atoms with Gasteiger partial charge in [0.05, 0.1) is 12.7 Å². The molecule has 33 heavy (non-hydrogen) atoms. The van der Waals surface area contributed by atoms with E-state index >= 15 is 0 Å². The summed E-state index contributed by atoms with van der Waals surface area (Å²) in [5, 5.41) is 4.57. The number of hydrogen-bond donors (Lipinski definition) is 2. The number of carbonyl (C=O) groups is 3. The van der Waals surface area contributed by atoms with Crippen LogP contribution in [0, 0.1) is 0 Å². The van der Waals surface area contributed by atoms with E-state index in [0.717, 1.165) is 12.8 Å². The van der Waals surface area contributed by atoms with Crippen LogP contribution in [-0.2, 0) is 19.6 Å². The van der Waals surface area contributed by atoms with E-state index in [1.807, 2.05) is 0 Å². The summed E-state index contributed by atoms with van der Waals surface area (Å²) in [6.07, 6.45) is 0.210. The number of sulfonamides is 1. The summed E-state index contributed by atoms with van der Waals surface area (Å²) < 4.78 is 37.6. The molecule has 0 aromatic heterocycles. The standard InChI is InChI=1S/C22H25N3O7S/c1-15(20(26)24-22(28)23-17-8-4-3-5-9-17)32-21(27)16-10-11-18(31-2)19(14-16)33(29,30)25-12-6-7-13-25/h3-5,8-11,14-15H,6-7,12-13H2,1-2H3,(H2,23,24,26,28). The van der Waals surface area contributed by atoms with Crippen molar-refractivity contribution in [2.75, 3.05) is 25.5 Å². The fourth-order valence-electron chi connectivity index (χ4n) is 3.25. The summed E-state index contributed by atoms with van der Waals surface area (Å²) in [5.41, 5.74) is 0.416. The van der Waals surface area contributed by atoms with Crippen molar-refractivity contribution in [3.05, 3.63) is 54.1 Å². The SMILES string of the molecule is COc1ccc(C(=O)OC(C)C(=O)NC(=O)Nc2ccccc2)cc1S(=O)(=O)N1CCCC1. The Balaban J connectivity index is 1.67. The Kier molecular flexibility index (Phi) is 7.67. The smallest absolute Gasteiger partial charge is 0.338 e. The lowest BCUT2D eigenvalue weighted by Crippen LogP contribution is -2.41. The molecular weight excluding hydrogens is 450 g/mol. The van der Waals surface area contributed by atoms with Gasteiger partial charge in [-0.1, -0.05) is 18.2 Å². The molecule has 1 heterocycles. The van der Waals surface area contributed by atoms with Gasteiger partial charge in [0.2, 0.25) is 10.0 Å². The largest absolute Gasteiger partial charge is 0.495 e. The molecule has 1 saturated heterocycles. The maximum atomic E-state index is 13.0. The molecule has 1 atom stereocenters. The van der Waals surface area contributed by atoms with Gasteiger partial charge >= 0.3 is 12.0 Å². The molecule has 0 bridgehead atoms. The quantitative estimate of drug-likeness (QED) is 0.588. The van der Waals surface area contributed by atoms with Gasteiger partial charge in [0, 0.05) is 18.8 Å². The lowest BCUT2D eigenvalue weighted by Gasteiger charge is -2.18. The van der Waals surface area contributed by atoms with Crippen LogP contribution in [0.1, 0.15) is 30.1 Å². The number of nitrogens with one attached hydrogen (secondary N) is 2. The first-order valence-electron chi connectivity index (χ1n) is 10.3. The molecular formula is C22H25N3O7S. The van der Waals surface area contributed by atoms with E-state index in [0.29, 0.717) is 18.8 Å². The Morgan fingerprint density at radius 3 is 2.33 bits per heavy atom. The highest BCUT2D eigenvalue weighted by atomic mass is 32.2. The second-order valence-corrected chi connectivity index (χ2v) is 9.24. The molecule has 1 unspecified atom stereocenters. The van der Waals surface area contributed by atoms with E-state index in [9.17, 15) is 22.8 Å². The number of nitrogens with zero attached hydrogens (tertiary/aromatic N) is 1. The maximum absolute atomic E-state index is 13.0. The van der Waals surface area contributed by atoms with Crippen LogP contribution in [0.5, 0.6) is 5.75 Å². The van der Waals surface area contributed by atoms with Gasteiger partial charge in [0.15, 0.2) is 6.10 Å². The number of anilines is 1. The third-order valence-electron chi connectivity index (χ3n) is 5.00. The van der Waals surface area contributed by atoms with E-state index in [1.54, 1.807) is 30.3 Å². The number of carbonyl (C=O) groups excluding carboxylic acids is 3. The first-order chi connectivity index (χ1) is 15.7. The second-order valence-electron chi connectivity index (χ2n) is 7.33. The minimum Gasteiger partial charge on any atom is -0.495 e.